The first-order chi connectivity index (χ1) is 13.1. The van der Waals surface area contributed by atoms with Crippen LogP contribution in [0.2, 0.25) is 0 Å². The summed E-state index contributed by atoms with van der Waals surface area (Å²) in [6.07, 6.45) is 1.79. The molecule has 0 N–H and O–H groups in total. The molecule has 28 heavy (non-hydrogen) atoms. The predicted octanol–water partition coefficient (Wildman–Crippen LogP) is 6.02. The minimum Gasteiger partial charge on any atom is -0.305 e. The summed E-state index contributed by atoms with van der Waals surface area (Å²) in [6.45, 7) is 6.19. The molecule has 0 saturated carbocycles. The summed E-state index contributed by atoms with van der Waals surface area (Å²) >= 11 is 0. The molecule has 0 saturated heterocycles. The molecule has 4 rings (SSSR count). The van der Waals surface area contributed by atoms with Crippen LogP contribution in [0, 0.1) is 32.9 Å². The van der Waals surface area contributed by atoms with Crippen LogP contribution in [0.4, 0.5) is 0 Å². The van der Waals surface area contributed by atoms with Gasteiger partial charge in [-0.1, -0.05) is 30.7 Å². The van der Waals surface area contributed by atoms with E-state index in [-0.39, 0.29) is 20.1 Å². The largest absolute Gasteiger partial charge is 0.305 e. The van der Waals surface area contributed by atoms with Gasteiger partial charge in [-0.05, 0) is 37.4 Å². The molecular weight excluding hydrogens is 521 g/mol. The van der Waals surface area contributed by atoms with Crippen LogP contribution >= 0.6 is 0 Å². The molecule has 1 radical (unpaired) electrons. The van der Waals surface area contributed by atoms with Gasteiger partial charge in [-0.3, -0.25) is 0 Å². The molecule has 0 aliphatic heterocycles. The van der Waals surface area contributed by atoms with Crippen molar-refractivity contribution in [3.8, 4) is 22.5 Å². The van der Waals surface area contributed by atoms with Gasteiger partial charge in [0.2, 0.25) is 0 Å². The van der Waals surface area contributed by atoms with Crippen molar-refractivity contribution in [2.75, 3.05) is 0 Å². The van der Waals surface area contributed by atoms with Crippen molar-refractivity contribution in [3.05, 3.63) is 108 Å². The Morgan fingerprint density at radius 2 is 1.46 bits per heavy atom. The number of aryl methyl sites for hydroxylation is 3. The summed E-state index contributed by atoms with van der Waals surface area (Å²) < 4.78 is 0. The standard InChI is InChI=1S/C14H14N.C11H8N.Ir/c1-10-5-4-6-13(8-10)14-9-11(2)7-12(3)15-14;1-2-6-10(7-3-1)11-8-4-5-9-12-11;/h4-5,7-9H,1-3H3;1-6,8-9H;/q2*-1;. The van der Waals surface area contributed by atoms with Crippen LogP contribution in [0.15, 0.2) is 79.0 Å². The van der Waals surface area contributed by atoms with E-state index in [9.17, 15) is 0 Å². The van der Waals surface area contributed by atoms with E-state index >= 15 is 0 Å². The van der Waals surface area contributed by atoms with E-state index < -0.39 is 0 Å². The number of rotatable bonds is 2. The molecule has 0 spiro atoms. The number of aromatic nitrogens is 2. The molecule has 4 aromatic rings. The Morgan fingerprint density at radius 1 is 0.679 bits per heavy atom. The molecule has 0 aliphatic carbocycles. The molecule has 0 atom stereocenters. The molecule has 3 heteroatoms. The molecular formula is C25H22IrN2-2. The fourth-order valence-electron chi connectivity index (χ4n) is 2.78. The molecule has 2 aromatic carbocycles. The van der Waals surface area contributed by atoms with E-state index in [4.69, 9.17) is 0 Å². The van der Waals surface area contributed by atoms with Gasteiger partial charge in [-0.15, -0.1) is 71.3 Å². The van der Waals surface area contributed by atoms with E-state index in [1.165, 1.54) is 11.1 Å². The van der Waals surface area contributed by atoms with Crippen LogP contribution in [0.3, 0.4) is 0 Å². The molecule has 0 aliphatic rings. The average Bonchev–Trinajstić information content (AvgIpc) is 2.69. The first-order valence-electron chi connectivity index (χ1n) is 8.94. The summed E-state index contributed by atoms with van der Waals surface area (Å²) in [5.74, 6) is 0. The number of benzene rings is 2. The Morgan fingerprint density at radius 3 is 2.11 bits per heavy atom. The zero-order chi connectivity index (χ0) is 19.1. The third kappa shape index (κ3) is 6.23. The van der Waals surface area contributed by atoms with Crippen LogP contribution in [-0.2, 0) is 20.1 Å². The SMILES string of the molecule is Cc1cc[c-]c(-c2cc(C)cc(C)n2)c1.[Ir].[c-]1ccccc1-c1ccccn1. The summed E-state index contributed by atoms with van der Waals surface area (Å²) in [5.41, 5.74) is 7.63. The average molecular weight is 543 g/mol. The van der Waals surface area contributed by atoms with Crippen molar-refractivity contribution in [1.82, 2.24) is 9.97 Å². The summed E-state index contributed by atoms with van der Waals surface area (Å²) in [7, 11) is 0. The Hall–Kier alpha value is -2.61. The van der Waals surface area contributed by atoms with Gasteiger partial charge in [0.05, 0.1) is 0 Å². The second-order valence-corrected chi connectivity index (χ2v) is 6.44. The van der Waals surface area contributed by atoms with Gasteiger partial charge in [0.15, 0.2) is 0 Å². The smallest absolute Gasteiger partial charge is 0.0268 e. The monoisotopic (exact) mass is 543 g/mol. The molecule has 2 aromatic heterocycles. The first kappa shape index (κ1) is 21.7. The van der Waals surface area contributed by atoms with Crippen LogP contribution in [0.1, 0.15) is 16.8 Å². The maximum absolute atomic E-state index is 4.51. The summed E-state index contributed by atoms with van der Waals surface area (Å²) in [6, 6.07) is 30.3. The minimum atomic E-state index is 0. The molecule has 2 heterocycles. The Kier molecular flexibility index (Phi) is 8.25. The number of hydrogen-bond acceptors (Lipinski definition) is 2. The number of hydrogen-bond donors (Lipinski definition) is 0. The number of nitrogens with zero attached hydrogens (tertiary/aromatic N) is 2. The van der Waals surface area contributed by atoms with E-state index in [2.05, 4.69) is 54.1 Å². The Balaban J connectivity index is 0.000000198. The zero-order valence-electron chi connectivity index (χ0n) is 16.2. The second-order valence-electron chi connectivity index (χ2n) is 6.44. The van der Waals surface area contributed by atoms with Crippen molar-refractivity contribution in [2.45, 2.75) is 20.8 Å². The summed E-state index contributed by atoms with van der Waals surface area (Å²) in [4.78, 5) is 8.73. The van der Waals surface area contributed by atoms with Crippen molar-refractivity contribution in [1.29, 1.82) is 0 Å². The third-order valence-corrected chi connectivity index (χ3v) is 3.98. The maximum Gasteiger partial charge on any atom is 0.0268 e. The van der Waals surface area contributed by atoms with Gasteiger partial charge in [0.1, 0.15) is 0 Å². The molecule has 143 valence electrons. The second kappa shape index (κ2) is 10.7. The fourth-order valence-corrected chi connectivity index (χ4v) is 2.78. The van der Waals surface area contributed by atoms with Gasteiger partial charge >= 0.3 is 0 Å². The van der Waals surface area contributed by atoms with Crippen molar-refractivity contribution >= 4 is 0 Å². The van der Waals surface area contributed by atoms with Gasteiger partial charge in [-0.2, -0.15) is 0 Å². The third-order valence-electron chi connectivity index (χ3n) is 3.98. The van der Waals surface area contributed by atoms with Crippen LogP contribution < -0.4 is 0 Å². The van der Waals surface area contributed by atoms with Gasteiger partial charge < -0.3 is 9.97 Å². The van der Waals surface area contributed by atoms with Crippen molar-refractivity contribution in [3.63, 3.8) is 0 Å². The zero-order valence-corrected chi connectivity index (χ0v) is 18.6. The van der Waals surface area contributed by atoms with Gasteiger partial charge in [0.25, 0.3) is 0 Å². The fraction of sp³-hybridized carbons (Fsp3) is 0.120. The maximum atomic E-state index is 4.51. The van der Waals surface area contributed by atoms with E-state index in [1.807, 2.05) is 61.5 Å². The molecule has 0 amide bonds. The van der Waals surface area contributed by atoms with Crippen molar-refractivity contribution in [2.24, 2.45) is 0 Å². The number of pyridine rings is 2. The molecule has 0 bridgehead atoms. The topological polar surface area (TPSA) is 25.8 Å². The Bertz CT molecular complexity index is 941. The summed E-state index contributed by atoms with van der Waals surface area (Å²) in [5, 5.41) is 0. The molecule has 2 nitrogen and oxygen atoms in total. The van der Waals surface area contributed by atoms with Crippen molar-refractivity contribution < 1.29 is 20.1 Å². The van der Waals surface area contributed by atoms with Crippen LogP contribution in [0.25, 0.3) is 22.5 Å². The quantitative estimate of drug-likeness (QED) is 0.290. The van der Waals surface area contributed by atoms with Crippen LogP contribution in [0.5, 0.6) is 0 Å². The molecule has 0 unspecified atom stereocenters. The Labute approximate surface area is 181 Å². The van der Waals surface area contributed by atoms with E-state index in [1.54, 1.807) is 6.20 Å². The van der Waals surface area contributed by atoms with Crippen LogP contribution in [-0.4, -0.2) is 9.97 Å². The van der Waals surface area contributed by atoms with Gasteiger partial charge in [-0.25, -0.2) is 0 Å². The minimum absolute atomic E-state index is 0. The molecule has 0 fully saturated rings. The van der Waals surface area contributed by atoms with Gasteiger partial charge in [0, 0.05) is 32.0 Å². The first-order valence-corrected chi connectivity index (χ1v) is 8.94. The van der Waals surface area contributed by atoms with E-state index in [0.29, 0.717) is 0 Å². The predicted molar refractivity (Wildman–Crippen MR) is 111 cm³/mol. The van der Waals surface area contributed by atoms with E-state index in [0.717, 1.165) is 28.2 Å². The normalized spacial score (nSPS) is 9.68.